The molecule has 0 spiro atoms. The average molecular weight is 274 g/mol. The van der Waals surface area contributed by atoms with E-state index in [2.05, 4.69) is 20.8 Å². The molecule has 0 aromatic carbocycles. The normalized spacial score (nSPS) is 30.5. The summed E-state index contributed by atoms with van der Waals surface area (Å²) in [6.45, 7) is 0. The highest BCUT2D eigenvalue weighted by Gasteiger charge is 2.38. The van der Waals surface area contributed by atoms with Crippen molar-refractivity contribution in [1.82, 2.24) is 14.8 Å². The van der Waals surface area contributed by atoms with Gasteiger partial charge in [0.25, 0.3) is 0 Å². The molecule has 0 bridgehead atoms. The summed E-state index contributed by atoms with van der Waals surface area (Å²) in [6, 6.07) is 3.11. The minimum absolute atomic E-state index is 0.207. The standard InChI is InChI=1S/C14H18N4S/c15-8-10-2-1-3-12(10)19-14-17-16-13(9-4-5-9)18(14)11-6-7-11/h9-12H,1-7H2. The number of hydrogen-bond donors (Lipinski definition) is 0. The minimum atomic E-state index is 0.207. The smallest absolute Gasteiger partial charge is 0.191 e. The van der Waals surface area contributed by atoms with Gasteiger partial charge in [0.05, 0.1) is 12.0 Å². The van der Waals surface area contributed by atoms with Gasteiger partial charge in [-0.25, -0.2) is 0 Å². The lowest BCUT2D eigenvalue weighted by molar-refractivity contribution is 0.622. The monoisotopic (exact) mass is 274 g/mol. The van der Waals surface area contributed by atoms with Gasteiger partial charge in [-0.15, -0.1) is 10.2 Å². The van der Waals surface area contributed by atoms with E-state index in [-0.39, 0.29) is 5.92 Å². The van der Waals surface area contributed by atoms with Crippen molar-refractivity contribution in [2.24, 2.45) is 5.92 Å². The van der Waals surface area contributed by atoms with E-state index in [1.165, 1.54) is 37.9 Å². The van der Waals surface area contributed by atoms with E-state index >= 15 is 0 Å². The molecule has 1 aromatic heterocycles. The molecule has 2 unspecified atom stereocenters. The molecular weight excluding hydrogens is 256 g/mol. The fourth-order valence-electron chi connectivity index (χ4n) is 3.01. The van der Waals surface area contributed by atoms with Crippen LogP contribution in [0.3, 0.4) is 0 Å². The van der Waals surface area contributed by atoms with Crippen LogP contribution in [0.5, 0.6) is 0 Å². The molecule has 3 aliphatic rings. The van der Waals surface area contributed by atoms with Gasteiger partial charge in [-0.1, -0.05) is 18.2 Å². The van der Waals surface area contributed by atoms with Crippen LogP contribution in [0.25, 0.3) is 0 Å². The molecule has 5 heteroatoms. The Labute approximate surface area is 117 Å². The van der Waals surface area contributed by atoms with Crippen LogP contribution in [0.15, 0.2) is 5.16 Å². The van der Waals surface area contributed by atoms with Crippen molar-refractivity contribution in [3.05, 3.63) is 5.82 Å². The zero-order valence-electron chi connectivity index (χ0n) is 11.0. The van der Waals surface area contributed by atoms with Crippen LogP contribution in [0.2, 0.25) is 0 Å². The first kappa shape index (κ1) is 11.8. The Balaban J connectivity index is 1.59. The van der Waals surface area contributed by atoms with Gasteiger partial charge < -0.3 is 4.57 Å². The Hall–Kier alpha value is -1.02. The summed E-state index contributed by atoms with van der Waals surface area (Å²) in [5.41, 5.74) is 0. The van der Waals surface area contributed by atoms with Crippen molar-refractivity contribution in [2.75, 3.05) is 0 Å². The topological polar surface area (TPSA) is 54.5 Å². The number of nitriles is 1. The van der Waals surface area contributed by atoms with Crippen molar-refractivity contribution in [3.8, 4) is 6.07 Å². The highest BCUT2D eigenvalue weighted by Crippen LogP contribution is 2.47. The Bertz CT molecular complexity index is 524. The molecule has 2 atom stereocenters. The third-order valence-electron chi connectivity index (χ3n) is 4.42. The van der Waals surface area contributed by atoms with Crippen LogP contribution in [-0.2, 0) is 0 Å². The van der Waals surface area contributed by atoms with Crippen LogP contribution in [-0.4, -0.2) is 20.0 Å². The van der Waals surface area contributed by atoms with Crippen LogP contribution in [0.4, 0.5) is 0 Å². The second-order valence-corrected chi connectivity index (χ2v) is 7.25. The van der Waals surface area contributed by atoms with Gasteiger partial charge in [-0.3, -0.25) is 0 Å². The second kappa shape index (κ2) is 4.52. The number of nitrogens with zero attached hydrogens (tertiary/aromatic N) is 4. The van der Waals surface area contributed by atoms with E-state index in [0.29, 0.717) is 17.2 Å². The zero-order chi connectivity index (χ0) is 12.8. The van der Waals surface area contributed by atoms with Crippen molar-refractivity contribution in [3.63, 3.8) is 0 Å². The molecule has 3 aliphatic carbocycles. The van der Waals surface area contributed by atoms with Crippen LogP contribution in [0, 0.1) is 17.2 Å². The predicted molar refractivity (Wildman–Crippen MR) is 72.9 cm³/mol. The first-order valence-electron chi connectivity index (χ1n) is 7.38. The molecule has 4 nitrogen and oxygen atoms in total. The Morgan fingerprint density at radius 3 is 2.63 bits per heavy atom. The van der Waals surface area contributed by atoms with Gasteiger partial charge in [0.1, 0.15) is 5.82 Å². The highest BCUT2D eigenvalue weighted by molar-refractivity contribution is 7.99. The molecule has 0 radical (unpaired) electrons. The quantitative estimate of drug-likeness (QED) is 0.845. The Morgan fingerprint density at radius 1 is 1.11 bits per heavy atom. The van der Waals surface area contributed by atoms with E-state index in [1.807, 2.05) is 11.8 Å². The SMILES string of the molecule is N#CC1CCCC1Sc1nnc(C2CC2)n1C1CC1. The summed E-state index contributed by atoms with van der Waals surface area (Å²) in [5, 5.41) is 19.6. The second-order valence-electron chi connectivity index (χ2n) is 6.04. The van der Waals surface area contributed by atoms with Crippen LogP contribution < -0.4 is 0 Å². The fourth-order valence-corrected chi connectivity index (χ4v) is 4.38. The molecule has 100 valence electrons. The van der Waals surface area contributed by atoms with E-state index < -0.39 is 0 Å². The maximum atomic E-state index is 9.20. The molecule has 0 saturated heterocycles. The number of aromatic nitrogens is 3. The maximum Gasteiger partial charge on any atom is 0.191 e. The number of thioether (sulfide) groups is 1. The summed E-state index contributed by atoms with van der Waals surface area (Å²) < 4.78 is 2.40. The minimum Gasteiger partial charge on any atom is -0.303 e. The van der Waals surface area contributed by atoms with Crippen LogP contribution >= 0.6 is 11.8 Å². The summed E-state index contributed by atoms with van der Waals surface area (Å²) in [4.78, 5) is 0. The van der Waals surface area contributed by atoms with Crippen molar-refractivity contribution >= 4 is 11.8 Å². The molecule has 19 heavy (non-hydrogen) atoms. The van der Waals surface area contributed by atoms with Gasteiger partial charge in [-0.05, 0) is 38.5 Å². The lowest BCUT2D eigenvalue weighted by atomic mass is 10.1. The summed E-state index contributed by atoms with van der Waals surface area (Å²) in [6.07, 6.45) is 8.50. The molecule has 4 rings (SSSR count). The molecule has 1 heterocycles. The van der Waals surface area contributed by atoms with Gasteiger partial charge >= 0.3 is 0 Å². The number of hydrogen-bond acceptors (Lipinski definition) is 4. The maximum absolute atomic E-state index is 9.20. The Kier molecular flexibility index (Phi) is 2.80. The van der Waals surface area contributed by atoms with Crippen molar-refractivity contribution in [2.45, 2.75) is 67.3 Å². The van der Waals surface area contributed by atoms with Gasteiger partial charge in [0.15, 0.2) is 5.16 Å². The predicted octanol–water partition coefficient (Wildman–Crippen LogP) is 3.27. The van der Waals surface area contributed by atoms with E-state index in [4.69, 9.17) is 0 Å². The third-order valence-corrected chi connectivity index (χ3v) is 5.78. The summed E-state index contributed by atoms with van der Waals surface area (Å²) in [5.74, 6) is 2.09. The van der Waals surface area contributed by atoms with E-state index in [1.54, 1.807) is 0 Å². The van der Waals surface area contributed by atoms with E-state index in [0.717, 1.165) is 18.0 Å². The summed E-state index contributed by atoms with van der Waals surface area (Å²) >= 11 is 1.81. The lowest BCUT2D eigenvalue weighted by Crippen LogP contribution is -2.10. The molecule has 0 aliphatic heterocycles. The molecule has 3 saturated carbocycles. The fraction of sp³-hybridized carbons (Fsp3) is 0.786. The molecule has 0 amide bonds. The van der Waals surface area contributed by atoms with Crippen molar-refractivity contribution in [1.29, 1.82) is 5.26 Å². The first-order valence-corrected chi connectivity index (χ1v) is 8.26. The average Bonchev–Trinajstić information content (AvgIpc) is 3.35. The highest BCUT2D eigenvalue weighted by atomic mass is 32.2. The first-order chi connectivity index (χ1) is 9.36. The third kappa shape index (κ3) is 2.16. The molecular formula is C14H18N4S. The molecule has 3 fully saturated rings. The largest absolute Gasteiger partial charge is 0.303 e. The lowest BCUT2D eigenvalue weighted by Gasteiger charge is -2.14. The number of rotatable bonds is 4. The van der Waals surface area contributed by atoms with E-state index in [9.17, 15) is 5.26 Å². The Morgan fingerprint density at radius 2 is 1.95 bits per heavy atom. The van der Waals surface area contributed by atoms with Gasteiger partial charge in [0.2, 0.25) is 0 Å². The molecule has 1 aromatic rings. The molecule has 0 N–H and O–H groups in total. The van der Waals surface area contributed by atoms with Gasteiger partial charge in [0, 0.05) is 17.2 Å². The van der Waals surface area contributed by atoms with Gasteiger partial charge in [-0.2, -0.15) is 5.26 Å². The van der Waals surface area contributed by atoms with Crippen LogP contribution in [0.1, 0.15) is 62.7 Å². The van der Waals surface area contributed by atoms with Crippen molar-refractivity contribution < 1.29 is 0 Å². The summed E-state index contributed by atoms with van der Waals surface area (Å²) in [7, 11) is 0. The zero-order valence-corrected chi connectivity index (χ0v) is 11.8.